The van der Waals surface area contributed by atoms with Crippen LogP contribution in [0.5, 0.6) is 17.2 Å². The third-order valence-electron chi connectivity index (χ3n) is 4.92. The van der Waals surface area contributed by atoms with Crippen LogP contribution in [-0.4, -0.2) is 26.7 Å². The van der Waals surface area contributed by atoms with Gasteiger partial charge in [0.25, 0.3) is 0 Å². The second-order valence-electron chi connectivity index (χ2n) is 6.52. The molecule has 5 nitrogen and oxygen atoms in total. The van der Waals surface area contributed by atoms with E-state index in [1.807, 2.05) is 30.3 Å². The molecular weight excluding hydrogens is 366 g/mol. The summed E-state index contributed by atoms with van der Waals surface area (Å²) < 4.78 is 17.4. The van der Waals surface area contributed by atoms with Crippen molar-refractivity contribution >= 4 is 17.3 Å². The van der Waals surface area contributed by atoms with Crippen molar-refractivity contribution in [1.82, 2.24) is 5.48 Å². The third kappa shape index (κ3) is 3.11. The van der Waals surface area contributed by atoms with Gasteiger partial charge in [-0.1, -0.05) is 30.3 Å². The molecule has 1 atom stereocenters. The SMILES string of the molecule is COc1cc2c(cc1OC)C(NOCCCCl)=C1CC1(c1ccccc1)O2. The van der Waals surface area contributed by atoms with Crippen molar-refractivity contribution in [3.05, 3.63) is 59.2 Å². The van der Waals surface area contributed by atoms with E-state index in [4.69, 9.17) is 30.6 Å². The lowest BCUT2D eigenvalue weighted by Crippen LogP contribution is -2.24. The van der Waals surface area contributed by atoms with E-state index in [1.54, 1.807) is 14.2 Å². The van der Waals surface area contributed by atoms with E-state index < -0.39 is 5.60 Å². The Morgan fingerprint density at radius 1 is 1.11 bits per heavy atom. The van der Waals surface area contributed by atoms with Crippen LogP contribution in [0.25, 0.3) is 5.70 Å². The minimum absolute atomic E-state index is 0.452. The van der Waals surface area contributed by atoms with Crippen LogP contribution < -0.4 is 19.7 Å². The second-order valence-corrected chi connectivity index (χ2v) is 6.90. The Kier molecular flexibility index (Phi) is 4.89. The van der Waals surface area contributed by atoms with E-state index in [2.05, 4.69) is 17.6 Å². The Bertz CT molecular complexity index is 868. The summed E-state index contributed by atoms with van der Waals surface area (Å²) in [6, 6.07) is 14.0. The summed E-state index contributed by atoms with van der Waals surface area (Å²) in [6.07, 6.45) is 1.58. The van der Waals surface area contributed by atoms with Crippen LogP contribution in [0.1, 0.15) is 24.0 Å². The van der Waals surface area contributed by atoms with Crippen molar-refractivity contribution in [3.63, 3.8) is 0 Å². The number of halogens is 1. The Balaban J connectivity index is 1.76. The van der Waals surface area contributed by atoms with Crippen molar-refractivity contribution < 1.29 is 19.0 Å². The first kappa shape index (κ1) is 18.0. The quantitative estimate of drug-likeness (QED) is 0.416. The largest absolute Gasteiger partial charge is 0.493 e. The molecule has 1 saturated carbocycles. The van der Waals surface area contributed by atoms with Gasteiger partial charge in [-0.3, -0.25) is 10.3 Å². The summed E-state index contributed by atoms with van der Waals surface area (Å²) in [5.41, 5.74) is 6.80. The van der Waals surface area contributed by atoms with Gasteiger partial charge in [-0.25, -0.2) is 0 Å². The fraction of sp³-hybridized carbons (Fsp3) is 0.333. The van der Waals surface area contributed by atoms with Gasteiger partial charge < -0.3 is 14.2 Å². The van der Waals surface area contributed by atoms with E-state index in [0.717, 1.165) is 35.4 Å². The number of fused-ring (bicyclic) bond motifs is 2. The van der Waals surface area contributed by atoms with Crippen molar-refractivity contribution in [1.29, 1.82) is 0 Å². The minimum Gasteiger partial charge on any atom is -0.493 e. The van der Waals surface area contributed by atoms with Crippen molar-refractivity contribution in [3.8, 4) is 17.2 Å². The van der Waals surface area contributed by atoms with Gasteiger partial charge in [-0.15, -0.1) is 11.6 Å². The standard InChI is InChI=1S/C21H22ClNO4/c1-24-18-11-15-17(12-19(18)25-2)27-21(14-7-4-3-5-8-14)13-16(21)20(15)23-26-10-6-9-22/h3-5,7-8,11-12,23H,6,9-10,13H2,1-2H3. The Morgan fingerprint density at radius 2 is 1.85 bits per heavy atom. The van der Waals surface area contributed by atoms with Gasteiger partial charge in [0.2, 0.25) is 0 Å². The molecule has 0 amide bonds. The summed E-state index contributed by atoms with van der Waals surface area (Å²) in [4.78, 5) is 5.66. The second kappa shape index (κ2) is 7.33. The van der Waals surface area contributed by atoms with Crippen molar-refractivity contribution in [2.24, 2.45) is 0 Å². The first-order valence-electron chi connectivity index (χ1n) is 8.92. The van der Waals surface area contributed by atoms with E-state index in [-0.39, 0.29) is 0 Å². The molecule has 4 rings (SSSR count). The molecule has 2 aliphatic rings. The Hall–Kier alpha value is -2.37. The van der Waals surface area contributed by atoms with Gasteiger partial charge in [-0.05, 0) is 12.5 Å². The van der Waals surface area contributed by atoms with Crippen molar-refractivity contribution in [2.75, 3.05) is 26.7 Å². The maximum absolute atomic E-state index is 6.47. The lowest BCUT2D eigenvalue weighted by atomic mass is 10.0. The molecule has 0 aromatic heterocycles. The molecular formula is C21H22ClNO4. The number of nitrogens with one attached hydrogen (secondary N) is 1. The zero-order valence-electron chi connectivity index (χ0n) is 15.4. The molecule has 1 heterocycles. The summed E-state index contributed by atoms with van der Waals surface area (Å²) in [5, 5.41) is 0. The van der Waals surface area contributed by atoms with Gasteiger partial charge >= 0.3 is 0 Å². The molecule has 2 aromatic carbocycles. The number of ether oxygens (including phenoxy) is 3. The van der Waals surface area contributed by atoms with Crippen molar-refractivity contribution in [2.45, 2.75) is 18.4 Å². The number of hydroxylamine groups is 1. The molecule has 142 valence electrons. The summed E-state index contributed by atoms with van der Waals surface area (Å²) in [7, 11) is 3.24. The summed E-state index contributed by atoms with van der Waals surface area (Å²) in [6.45, 7) is 0.530. The van der Waals surface area contributed by atoms with E-state index >= 15 is 0 Å². The average molecular weight is 388 g/mol. The molecule has 1 aliphatic carbocycles. The lowest BCUT2D eigenvalue weighted by Gasteiger charge is -2.27. The average Bonchev–Trinajstić information content (AvgIpc) is 3.45. The predicted molar refractivity (Wildman–Crippen MR) is 104 cm³/mol. The molecule has 6 heteroatoms. The molecule has 1 aliphatic heterocycles. The van der Waals surface area contributed by atoms with Crippen LogP contribution in [0.15, 0.2) is 48.0 Å². The maximum atomic E-state index is 6.47. The number of hydrogen-bond donors (Lipinski definition) is 1. The van der Waals surface area contributed by atoms with Crippen LogP contribution in [0, 0.1) is 0 Å². The lowest BCUT2D eigenvalue weighted by molar-refractivity contribution is 0.0773. The number of rotatable bonds is 8. The molecule has 0 spiro atoms. The highest BCUT2D eigenvalue weighted by Crippen LogP contribution is 2.61. The van der Waals surface area contributed by atoms with Crippen LogP contribution in [-0.2, 0) is 10.4 Å². The van der Waals surface area contributed by atoms with E-state index in [9.17, 15) is 0 Å². The first-order chi connectivity index (χ1) is 13.2. The Labute approximate surface area is 163 Å². The van der Waals surface area contributed by atoms with Crippen LogP contribution in [0.4, 0.5) is 0 Å². The zero-order chi connectivity index (χ0) is 18.9. The molecule has 0 saturated heterocycles. The van der Waals surface area contributed by atoms with Gasteiger partial charge in [-0.2, -0.15) is 0 Å². The highest BCUT2D eigenvalue weighted by Gasteiger charge is 2.58. The highest BCUT2D eigenvalue weighted by atomic mass is 35.5. The number of benzene rings is 2. The van der Waals surface area contributed by atoms with Gasteiger partial charge in [0.1, 0.15) is 5.75 Å². The highest BCUT2D eigenvalue weighted by molar-refractivity contribution is 6.17. The van der Waals surface area contributed by atoms with Gasteiger partial charge in [0.05, 0.1) is 26.5 Å². The Morgan fingerprint density at radius 3 is 2.56 bits per heavy atom. The molecule has 2 aromatic rings. The molecule has 1 N–H and O–H groups in total. The number of alkyl halides is 1. The van der Waals surface area contributed by atoms with E-state index in [0.29, 0.717) is 24.0 Å². The number of hydrogen-bond acceptors (Lipinski definition) is 5. The van der Waals surface area contributed by atoms with Crippen LogP contribution >= 0.6 is 11.6 Å². The third-order valence-corrected chi connectivity index (χ3v) is 5.19. The molecule has 0 radical (unpaired) electrons. The van der Waals surface area contributed by atoms with Gasteiger partial charge in [0, 0.05) is 35.1 Å². The minimum atomic E-state index is -0.452. The monoisotopic (exact) mass is 387 g/mol. The predicted octanol–water partition coefficient (Wildman–Crippen LogP) is 4.26. The normalized spacial score (nSPS) is 19.7. The molecule has 1 unspecified atom stereocenters. The van der Waals surface area contributed by atoms with Crippen LogP contribution in [0.2, 0.25) is 0 Å². The molecule has 1 fully saturated rings. The fourth-order valence-corrected chi connectivity index (χ4v) is 3.60. The summed E-state index contributed by atoms with van der Waals surface area (Å²) in [5.74, 6) is 2.58. The smallest absolute Gasteiger partial charge is 0.164 e. The molecule has 27 heavy (non-hydrogen) atoms. The van der Waals surface area contributed by atoms with Gasteiger partial charge in [0.15, 0.2) is 17.1 Å². The topological polar surface area (TPSA) is 49.0 Å². The molecule has 0 bridgehead atoms. The van der Waals surface area contributed by atoms with E-state index in [1.165, 1.54) is 5.57 Å². The van der Waals surface area contributed by atoms with Crippen LogP contribution in [0.3, 0.4) is 0 Å². The summed E-state index contributed by atoms with van der Waals surface area (Å²) >= 11 is 5.75. The fourth-order valence-electron chi connectivity index (χ4n) is 3.49. The first-order valence-corrected chi connectivity index (χ1v) is 9.45. The maximum Gasteiger partial charge on any atom is 0.164 e. The zero-order valence-corrected chi connectivity index (χ0v) is 16.1. The number of methoxy groups -OCH3 is 2.